The van der Waals surface area contributed by atoms with Gasteiger partial charge in [0.2, 0.25) is 11.8 Å². The molecule has 0 bridgehead atoms. The van der Waals surface area contributed by atoms with Gasteiger partial charge >= 0.3 is 5.97 Å². The first-order valence-corrected chi connectivity index (χ1v) is 7.34. The van der Waals surface area contributed by atoms with E-state index in [1.165, 1.54) is 7.11 Å². The average molecular weight is 358 g/mol. The predicted molar refractivity (Wildman–Crippen MR) is 94.1 cm³/mol. The molecule has 8 heteroatoms. The second kappa shape index (κ2) is 11.4. The van der Waals surface area contributed by atoms with Crippen molar-refractivity contribution in [2.45, 2.75) is 13.3 Å². The normalized spacial score (nSPS) is 11.0. The van der Waals surface area contributed by atoms with Crippen molar-refractivity contribution >= 4 is 35.9 Å². The van der Waals surface area contributed by atoms with E-state index in [1.54, 1.807) is 31.3 Å². The van der Waals surface area contributed by atoms with Crippen LogP contribution in [0.3, 0.4) is 0 Å². The number of ether oxygens (including phenoxy) is 1. The van der Waals surface area contributed by atoms with Gasteiger partial charge in [0.15, 0.2) is 0 Å². The summed E-state index contributed by atoms with van der Waals surface area (Å²) in [4.78, 5) is 34.5. The van der Waals surface area contributed by atoms with Crippen LogP contribution in [0.2, 0.25) is 0 Å². The molecule has 1 atom stereocenters. The second-order valence-electron chi connectivity index (χ2n) is 5.17. The summed E-state index contributed by atoms with van der Waals surface area (Å²) in [7, 11) is 3.06. The van der Waals surface area contributed by atoms with Crippen LogP contribution in [0.15, 0.2) is 24.3 Å². The van der Waals surface area contributed by atoms with Crippen molar-refractivity contribution in [1.29, 1.82) is 0 Å². The molecule has 0 saturated heterocycles. The SMILES string of the molecule is CNCC(C)C(=O)Nc1ccc(CC(=O)NCC(=O)OC)cc1.Cl. The van der Waals surface area contributed by atoms with Crippen LogP contribution in [0, 0.1) is 5.92 Å². The lowest BCUT2D eigenvalue weighted by molar-refractivity contribution is -0.141. The molecule has 0 saturated carbocycles. The van der Waals surface area contributed by atoms with Crippen molar-refractivity contribution in [3.63, 3.8) is 0 Å². The number of rotatable bonds is 8. The van der Waals surface area contributed by atoms with Crippen LogP contribution in [0.4, 0.5) is 5.69 Å². The van der Waals surface area contributed by atoms with E-state index >= 15 is 0 Å². The summed E-state index contributed by atoms with van der Waals surface area (Å²) < 4.78 is 4.44. The van der Waals surface area contributed by atoms with E-state index in [0.29, 0.717) is 12.2 Å². The largest absolute Gasteiger partial charge is 0.468 e. The molecule has 0 radical (unpaired) electrons. The van der Waals surface area contributed by atoms with Gasteiger partial charge in [0.05, 0.1) is 13.5 Å². The zero-order valence-corrected chi connectivity index (χ0v) is 14.9. The van der Waals surface area contributed by atoms with Gasteiger partial charge in [0.1, 0.15) is 6.54 Å². The Morgan fingerprint density at radius 1 is 1.17 bits per heavy atom. The quantitative estimate of drug-likeness (QED) is 0.596. The van der Waals surface area contributed by atoms with E-state index in [4.69, 9.17) is 0 Å². The summed E-state index contributed by atoms with van der Waals surface area (Å²) >= 11 is 0. The van der Waals surface area contributed by atoms with E-state index in [2.05, 4.69) is 20.7 Å². The molecule has 0 heterocycles. The zero-order chi connectivity index (χ0) is 17.2. The van der Waals surface area contributed by atoms with E-state index in [0.717, 1.165) is 5.56 Å². The molecule has 1 aromatic carbocycles. The molecule has 0 aliphatic heterocycles. The number of methoxy groups -OCH3 is 1. The Hall–Kier alpha value is -2.12. The highest BCUT2D eigenvalue weighted by molar-refractivity contribution is 5.92. The molecule has 3 N–H and O–H groups in total. The number of hydrogen-bond acceptors (Lipinski definition) is 5. The molecule has 0 spiro atoms. The number of amides is 2. The highest BCUT2D eigenvalue weighted by Crippen LogP contribution is 2.11. The molecular weight excluding hydrogens is 334 g/mol. The summed E-state index contributed by atoms with van der Waals surface area (Å²) in [6, 6.07) is 7.01. The first-order valence-electron chi connectivity index (χ1n) is 7.34. The molecule has 24 heavy (non-hydrogen) atoms. The number of halogens is 1. The zero-order valence-electron chi connectivity index (χ0n) is 14.0. The molecular formula is C16H24ClN3O4. The van der Waals surface area contributed by atoms with Gasteiger partial charge in [-0.05, 0) is 24.7 Å². The van der Waals surface area contributed by atoms with Crippen LogP contribution in [0.1, 0.15) is 12.5 Å². The van der Waals surface area contributed by atoms with Crippen molar-refractivity contribution in [3.8, 4) is 0 Å². The van der Waals surface area contributed by atoms with Gasteiger partial charge in [0, 0.05) is 18.2 Å². The smallest absolute Gasteiger partial charge is 0.325 e. The minimum absolute atomic E-state index is 0. The summed E-state index contributed by atoms with van der Waals surface area (Å²) in [5.41, 5.74) is 1.46. The Labute approximate surface area is 147 Å². The summed E-state index contributed by atoms with van der Waals surface area (Å²) in [6.07, 6.45) is 0.154. The van der Waals surface area contributed by atoms with Crippen LogP contribution < -0.4 is 16.0 Å². The Bertz CT molecular complexity index is 549. The van der Waals surface area contributed by atoms with Crippen LogP contribution in [0.5, 0.6) is 0 Å². The minimum Gasteiger partial charge on any atom is -0.468 e. The van der Waals surface area contributed by atoms with E-state index in [1.807, 2.05) is 6.92 Å². The molecule has 0 aromatic heterocycles. The number of anilines is 1. The third-order valence-electron chi connectivity index (χ3n) is 3.20. The maximum Gasteiger partial charge on any atom is 0.325 e. The minimum atomic E-state index is -0.493. The van der Waals surface area contributed by atoms with Gasteiger partial charge in [-0.2, -0.15) is 0 Å². The Morgan fingerprint density at radius 3 is 2.33 bits per heavy atom. The van der Waals surface area contributed by atoms with Crippen molar-refractivity contribution in [2.24, 2.45) is 5.92 Å². The van der Waals surface area contributed by atoms with Gasteiger partial charge in [-0.3, -0.25) is 14.4 Å². The fraction of sp³-hybridized carbons (Fsp3) is 0.438. The van der Waals surface area contributed by atoms with E-state index in [-0.39, 0.29) is 43.1 Å². The predicted octanol–water partition coefficient (Wildman–Crippen LogP) is 0.734. The molecule has 1 rings (SSSR count). The standard InChI is InChI=1S/C16H23N3O4.ClH/c1-11(9-17-2)16(22)19-13-6-4-12(5-7-13)8-14(20)18-10-15(21)23-3;/h4-7,11,17H,8-10H2,1-3H3,(H,18,20)(H,19,22);1H. The highest BCUT2D eigenvalue weighted by Gasteiger charge is 2.12. The molecule has 134 valence electrons. The van der Waals surface area contributed by atoms with Gasteiger partial charge < -0.3 is 20.7 Å². The molecule has 0 fully saturated rings. The Balaban J connectivity index is 0.00000529. The van der Waals surface area contributed by atoms with Gasteiger partial charge in [-0.1, -0.05) is 19.1 Å². The number of benzene rings is 1. The summed E-state index contributed by atoms with van der Waals surface area (Å²) in [5, 5.41) is 8.23. The molecule has 7 nitrogen and oxygen atoms in total. The first-order chi connectivity index (χ1) is 11.0. The lowest BCUT2D eigenvalue weighted by Gasteiger charge is -2.12. The highest BCUT2D eigenvalue weighted by atomic mass is 35.5. The number of carbonyl (C=O) groups is 3. The van der Waals surface area contributed by atoms with Crippen molar-refractivity contribution in [1.82, 2.24) is 10.6 Å². The molecule has 2 amide bonds. The third kappa shape index (κ3) is 7.94. The fourth-order valence-corrected chi connectivity index (χ4v) is 1.86. The van der Waals surface area contributed by atoms with Crippen LogP contribution in [-0.4, -0.2) is 45.0 Å². The monoisotopic (exact) mass is 357 g/mol. The second-order valence-corrected chi connectivity index (χ2v) is 5.17. The number of carbonyl (C=O) groups excluding carboxylic acids is 3. The first kappa shape index (κ1) is 21.9. The topological polar surface area (TPSA) is 96.5 Å². The van der Waals surface area contributed by atoms with Crippen molar-refractivity contribution < 1.29 is 19.1 Å². The van der Waals surface area contributed by atoms with Crippen LogP contribution in [0.25, 0.3) is 0 Å². The lowest BCUT2D eigenvalue weighted by atomic mass is 10.1. The maximum absolute atomic E-state index is 11.9. The molecule has 1 unspecified atom stereocenters. The number of esters is 1. The number of nitrogens with one attached hydrogen (secondary N) is 3. The van der Waals surface area contributed by atoms with Gasteiger partial charge in [0.25, 0.3) is 0 Å². The Kier molecular flexibility index (Phi) is 10.4. The van der Waals surface area contributed by atoms with Crippen molar-refractivity contribution in [3.05, 3.63) is 29.8 Å². The summed E-state index contributed by atoms with van der Waals surface area (Å²) in [5.74, 6) is -0.964. The Morgan fingerprint density at radius 2 is 1.79 bits per heavy atom. The van der Waals surface area contributed by atoms with E-state index < -0.39 is 5.97 Å². The maximum atomic E-state index is 11.9. The molecule has 0 aliphatic carbocycles. The molecule has 0 aliphatic rings. The number of hydrogen-bond donors (Lipinski definition) is 3. The average Bonchev–Trinajstić information content (AvgIpc) is 2.54. The van der Waals surface area contributed by atoms with E-state index in [9.17, 15) is 14.4 Å². The van der Waals surface area contributed by atoms with Crippen molar-refractivity contribution in [2.75, 3.05) is 32.6 Å². The van der Waals surface area contributed by atoms with Crippen LogP contribution >= 0.6 is 12.4 Å². The molecule has 1 aromatic rings. The van der Waals surface area contributed by atoms with Gasteiger partial charge in [-0.25, -0.2) is 0 Å². The third-order valence-corrected chi connectivity index (χ3v) is 3.20. The van der Waals surface area contributed by atoms with Crippen LogP contribution in [-0.2, 0) is 25.5 Å². The summed E-state index contributed by atoms with van der Waals surface area (Å²) in [6.45, 7) is 2.29. The van der Waals surface area contributed by atoms with Gasteiger partial charge in [-0.15, -0.1) is 12.4 Å². The fourth-order valence-electron chi connectivity index (χ4n) is 1.86. The lowest BCUT2D eigenvalue weighted by Crippen LogP contribution is -2.31.